The molecule has 0 aliphatic carbocycles. The summed E-state index contributed by atoms with van der Waals surface area (Å²) in [6, 6.07) is 3.35. The van der Waals surface area contributed by atoms with Gasteiger partial charge >= 0.3 is 0 Å². The fraction of sp³-hybridized carbons (Fsp3) is 0.273. The molecule has 16 heavy (non-hydrogen) atoms. The van der Waals surface area contributed by atoms with E-state index in [1.54, 1.807) is 12.1 Å². The predicted octanol–water partition coefficient (Wildman–Crippen LogP) is 1.69. The van der Waals surface area contributed by atoms with E-state index >= 15 is 0 Å². The van der Waals surface area contributed by atoms with Crippen LogP contribution in [0, 0.1) is 0 Å². The number of nitrogens with one attached hydrogen (secondary N) is 1. The Morgan fingerprint density at radius 3 is 2.94 bits per heavy atom. The van der Waals surface area contributed by atoms with Gasteiger partial charge in [0.25, 0.3) is 5.56 Å². The largest absolute Gasteiger partial charge is 0.493 e. The molecule has 0 amide bonds. The van der Waals surface area contributed by atoms with E-state index in [2.05, 4.69) is 9.97 Å². The van der Waals surface area contributed by atoms with Gasteiger partial charge < -0.3 is 14.5 Å². The van der Waals surface area contributed by atoms with Gasteiger partial charge in [0.05, 0.1) is 11.8 Å². The molecule has 0 aliphatic heterocycles. The first-order valence-electron chi connectivity index (χ1n) is 5.08. The van der Waals surface area contributed by atoms with Crippen molar-refractivity contribution in [3.8, 4) is 17.5 Å². The maximum atomic E-state index is 11.6. The van der Waals surface area contributed by atoms with Gasteiger partial charge in [-0.3, -0.25) is 4.79 Å². The van der Waals surface area contributed by atoms with Crippen LogP contribution in [-0.2, 0) is 6.42 Å². The van der Waals surface area contributed by atoms with E-state index < -0.39 is 0 Å². The maximum absolute atomic E-state index is 11.6. The maximum Gasteiger partial charge on any atom is 0.258 e. The Labute approximate surface area is 91.8 Å². The van der Waals surface area contributed by atoms with Crippen LogP contribution < -0.4 is 5.56 Å². The molecule has 0 radical (unpaired) electrons. The number of hydrogen-bond acceptors (Lipinski definition) is 4. The molecule has 0 spiro atoms. The highest BCUT2D eigenvalue weighted by Crippen LogP contribution is 2.18. The van der Waals surface area contributed by atoms with Crippen LogP contribution in [0.1, 0.15) is 18.9 Å². The normalized spacial score (nSPS) is 10.6. The second-order valence-corrected chi connectivity index (χ2v) is 3.44. The summed E-state index contributed by atoms with van der Waals surface area (Å²) in [5.74, 6) is 0.444. The molecule has 2 N–H and O–H groups in total. The SMILES string of the molecule is CCCc1c(O)nc(-c2ccco2)[nH]c1=O. The molecule has 2 aromatic rings. The van der Waals surface area contributed by atoms with E-state index in [1.807, 2.05) is 6.92 Å². The zero-order valence-corrected chi connectivity index (χ0v) is 8.86. The number of H-pyrrole nitrogens is 1. The van der Waals surface area contributed by atoms with E-state index in [4.69, 9.17) is 4.42 Å². The minimum Gasteiger partial charge on any atom is -0.493 e. The van der Waals surface area contributed by atoms with Gasteiger partial charge in [-0.25, -0.2) is 0 Å². The van der Waals surface area contributed by atoms with Gasteiger partial charge in [0, 0.05) is 0 Å². The van der Waals surface area contributed by atoms with Gasteiger partial charge in [-0.1, -0.05) is 13.3 Å². The number of hydrogen-bond donors (Lipinski definition) is 2. The molecule has 0 aromatic carbocycles. The Balaban J connectivity index is 2.49. The molecular weight excluding hydrogens is 208 g/mol. The van der Waals surface area contributed by atoms with E-state index in [0.29, 0.717) is 17.7 Å². The van der Waals surface area contributed by atoms with Gasteiger partial charge in [0.2, 0.25) is 5.88 Å². The Bertz CT molecular complexity index is 529. The zero-order chi connectivity index (χ0) is 11.5. The highest BCUT2D eigenvalue weighted by atomic mass is 16.3. The second kappa shape index (κ2) is 4.22. The lowest BCUT2D eigenvalue weighted by molar-refractivity contribution is 0.441. The van der Waals surface area contributed by atoms with Crippen LogP contribution in [0.4, 0.5) is 0 Å². The van der Waals surface area contributed by atoms with Crippen molar-refractivity contribution in [2.75, 3.05) is 0 Å². The van der Waals surface area contributed by atoms with E-state index in [9.17, 15) is 9.90 Å². The number of rotatable bonds is 3. The predicted molar refractivity (Wildman–Crippen MR) is 58.2 cm³/mol. The van der Waals surface area contributed by atoms with Crippen molar-refractivity contribution in [1.82, 2.24) is 9.97 Å². The topological polar surface area (TPSA) is 79.1 Å². The molecule has 0 bridgehead atoms. The van der Waals surface area contributed by atoms with Crippen molar-refractivity contribution in [3.05, 3.63) is 34.3 Å². The molecule has 0 aliphatic rings. The van der Waals surface area contributed by atoms with Crippen LogP contribution in [0.3, 0.4) is 0 Å². The summed E-state index contributed by atoms with van der Waals surface area (Å²) < 4.78 is 5.09. The second-order valence-electron chi connectivity index (χ2n) is 3.44. The van der Waals surface area contributed by atoms with Crippen molar-refractivity contribution in [3.63, 3.8) is 0 Å². The molecule has 5 heteroatoms. The molecule has 84 valence electrons. The lowest BCUT2D eigenvalue weighted by atomic mass is 10.2. The quantitative estimate of drug-likeness (QED) is 0.824. The third-order valence-corrected chi connectivity index (χ3v) is 2.25. The first-order chi connectivity index (χ1) is 7.72. The molecule has 0 saturated carbocycles. The Morgan fingerprint density at radius 2 is 2.38 bits per heavy atom. The van der Waals surface area contributed by atoms with Crippen LogP contribution in [0.15, 0.2) is 27.6 Å². The molecule has 2 heterocycles. The zero-order valence-electron chi connectivity index (χ0n) is 8.86. The first kappa shape index (κ1) is 10.5. The average molecular weight is 220 g/mol. The Morgan fingerprint density at radius 1 is 1.56 bits per heavy atom. The van der Waals surface area contributed by atoms with Crippen molar-refractivity contribution < 1.29 is 9.52 Å². The van der Waals surface area contributed by atoms with E-state index in [0.717, 1.165) is 6.42 Å². The van der Waals surface area contributed by atoms with Crippen LogP contribution in [-0.4, -0.2) is 15.1 Å². The van der Waals surface area contributed by atoms with Gasteiger partial charge in [-0.2, -0.15) is 4.98 Å². The summed E-state index contributed by atoms with van der Waals surface area (Å²) in [6.07, 6.45) is 2.76. The number of aromatic nitrogens is 2. The van der Waals surface area contributed by atoms with E-state index in [-0.39, 0.29) is 17.3 Å². The highest BCUT2D eigenvalue weighted by Gasteiger charge is 2.11. The summed E-state index contributed by atoms with van der Waals surface area (Å²) >= 11 is 0. The number of nitrogens with zero attached hydrogens (tertiary/aromatic N) is 1. The minimum absolute atomic E-state index is 0.225. The highest BCUT2D eigenvalue weighted by molar-refractivity contribution is 5.47. The fourth-order valence-electron chi connectivity index (χ4n) is 1.49. The summed E-state index contributed by atoms with van der Waals surface area (Å²) in [5.41, 5.74) is -0.00134. The van der Waals surface area contributed by atoms with Crippen molar-refractivity contribution in [1.29, 1.82) is 0 Å². The average Bonchev–Trinajstić information content (AvgIpc) is 2.76. The molecule has 2 rings (SSSR count). The van der Waals surface area contributed by atoms with Gasteiger partial charge in [-0.05, 0) is 18.6 Å². The van der Waals surface area contributed by atoms with Crippen LogP contribution >= 0.6 is 0 Å². The minimum atomic E-state index is -0.319. The van der Waals surface area contributed by atoms with Gasteiger partial charge in [0.1, 0.15) is 0 Å². The van der Waals surface area contributed by atoms with Crippen LogP contribution in [0.2, 0.25) is 0 Å². The van der Waals surface area contributed by atoms with Crippen molar-refractivity contribution >= 4 is 0 Å². The lowest BCUT2D eigenvalue weighted by Gasteiger charge is -2.02. The molecule has 0 saturated heterocycles. The summed E-state index contributed by atoms with van der Waals surface area (Å²) in [6.45, 7) is 1.93. The van der Waals surface area contributed by atoms with Crippen molar-refractivity contribution in [2.24, 2.45) is 0 Å². The Hall–Kier alpha value is -2.04. The molecule has 0 atom stereocenters. The lowest BCUT2D eigenvalue weighted by Crippen LogP contribution is -2.14. The van der Waals surface area contributed by atoms with E-state index in [1.165, 1.54) is 6.26 Å². The van der Waals surface area contributed by atoms with Crippen LogP contribution in [0.25, 0.3) is 11.6 Å². The van der Waals surface area contributed by atoms with Gasteiger partial charge in [0.15, 0.2) is 11.6 Å². The summed E-state index contributed by atoms with van der Waals surface area (Å²) in [5, 5.41) is 9.63. The monoisotopic (exact) mass is 220 g/mol. The summed E-state index contributed by atoms with van der Waals surface area (Å²) in [7, 11) is 0. The Kier molecular flexibility index (Phi) is 2.76. The van der Waals surface area contributed by atoms with Crippen molar-refractivity contribution in [2.45, 2.75) is 19.8 Å². The fourth-order valence-corrected chi connectivity index (χ4v) is 1.49. The number of aromatic amines is 1. The molecule has 5 nitrogen and oxygen atoms in total. The van der Waals surface area contributed by atoms with Gasteiger partial charge in [-0.15, -0.1) is 0 Å². The molecule has 0 fully saturated rings. The third kappa shape index (κ3) is 1.84. The first-order valence-corrected chi connectivity index (χ1v) is 5.08. The molecule has 2 aromatic heterocycles. The number of furan rings is 1. The standard InChI is InChI=1S/C11H12N2O3/c1-2-4-7-10(14)12-9(13-11(7)15)8-5-3-6-16-8/h3,5-6H,2,4H2,1H3,(H2,12,13,14,15). The van der Waals surface area contributed by atoms with Crippen LogP contribution in [0.5, 0.6) is 5.88 Å². The third-order valence-electron chi connectivity index (χ3n) is 2.25. The molecule has 0 unspecified atom stereocenters. The number of aromatic hydroxyl groups is 1. The molecular formula is C11H12N2O3. The summed E-state index contributed by atoms with van der Waals surface area (Å²) in [4.78, 5) is 18.1. The smallest absolute Gasteiger partial charge is 0.258 e.